The van der Waals surface area contributed by atoms with E-state index in [0.29, 0.717) is 0 Å². The Balaban J connectivity index is 2.52. The molecule has 0 saturated carbocycles. The molecule has 3 heteroatoms. The molecule has 0 bridgehead atoms. The number of aromatic nitrogens is 2. The molecule has 52 valence electrons. The van der Waals surface area contributed by atoms with Crippen LogP contribution in [-0.2, 0) is 6.54 Å². The summed E-state index contributed by atoms with van der Waals surface area (Å²) in [5.74, 6) is 2.56. The maximum absolute atomic E-state index is 5.09. The molecule has 0 atom stereocenters. The molecule has 0 aromatic carbocycles. The summed E-state index contributed by atoms with van der Waals surface area (Å²) < 4.78 is 2.86. The molecule has 2 nitrogen and oxygen atoms in total. The van der Waals surface area contributed by atoms with E-state index in [0.717, 1.165) is 16.7 Å². The Bertz CT molecular complexity index is 246. The van der Waals surface area contributed by atoms with Gasteiger partial charge in [-0.15, -0.1) is 12.3 Å². The van der Waals surface area contributed by atoms with Crippen molar-refractivity contribution in [1.82, 2.24) is 9.78 Å². The minimum atomic E-state index is 0.748. The van der Waals surface area contributed by atoms with Crippen molar-refractivity contribution >= 4 is 22.6 Å². The monoisotopic (exact) mass is 246 g/mol. The highest BCUT2D eigenvalue weighted by Gasteiger charge is 1.91. The first-order valence-electron chi connectivity index (χ1n) is 2.95. The molecule has 0 unspecified atom stereocenters. The number of halogens is 1. The lowest BCUT2D eigenvalue weighted by atomic mass is 10.4. The van der Waals surface area contributed by atoms with E-state index >= 15 is 0 Å². The van der Waals surface area contributed by atoms with E-state index in [9.17, 15) is 0 Å². The van der Waals surface area contributed by atoms with Crippen LogP contribution in [0, 0.1) is 16.0 Å². The fourth-order valence-corrected chi connectivity index (χ4v) is 1.08. The fourth-order valence-electron chi connectivity index (χ4n) is 0.641. The van der Waals surface area contributed by atoms with Crippen molar-refractivity contribution in [1.29, 1.82) is 0 Å². The lowest BCUT2D eigenvalue weighted by Crippen LogP contribution is -1.97. The van der Waals surface area contributed by atoms with Gasteiger partial charge in [-0.25, -0.2) is 0 Å². The van der Waals surface area contributed by atoms with Gasteiger partial charge in [-0.1, -0.05) is 0 Å². The zero-order valence-corrected chi connectivity index (χ0v) is 7.58. The lowest BCUT2D eigenvalue weighted by Gasteiger charge is -1.93. The summed E-state index contributed by atoms with van der Waals surface area (Å²) in [6.07, 6.45) is 7.77. The van der Waals surface area contributed by atoms with E-state index < -0.39 is 0 Å². The average Bonchev–Trinajstić information content (AvgIpc) is 2.31. The summed E-state index contributed by atoms with van der Waals surface area (Å²) in [6, 6.07) is 1.96. The predicted molar refractivity (Wildman–Crippen MR) is 48.4 cm³/mol. The van der Waals surface area contributed by atoms with Gasteiger partial charge in [-0.3, -0.25) is 4.68 Å². The molecule has 0 amide bonds. The molecule has 0 N–H and O–H groups in total. The van der Waals surface area contributed by atoms with Crippen molar-refractivity contribution in [2.75, 3.05) is 0 Å². The quantitative estimate of drug-likeness (QED) is 0.571. The molecule has 0 spiro atoms. The fraction of sp³-hybridized carbons (Fsp3) is 0.286. The van der Waals surface area contributed by atoms with Crippen molar-refractivity contribution in [2.45, 2.75) is 13.0 Å². The normalized spacial score (nSPS) is 9.20. The zero-order chi connectivity index (χ0) is 7.40. The highest BCUT2D eigenvalue weighted by Crippen LogP contribution is 1.99. The van der Waals surface area contributed by atoms with Gasteiger partial charge in [0.2, 0.25) is 0 Å². The first kappa shape index (κ1) is 7.61. The van der Waals surface area contributed by atoms with Crippen LogP contribution in [0.3, 0.4) is 0 Å². The van der Waals surface area contributed by atoms with Gasteiger partial charge in [0.15, 0.2) is 0 Å². The molecule has 0 fully saturated rings. The third kappa shape index (κ3) is 2.03. The first-order valence-corrected chi connectivity index (χ1v) is 4.03. The van der Waals surface area contributed by atoms with Gasteiger partial charge in [-0.2, -0.15) is 5.10 Å². The van der Waals surface area contributed by atoms with E-state index in [1.54, 1.807) is 0 Å². The second kappa shape index (κ2) is 3.62. The van der Waals surface area contributed by atoms with Gasteiger partial charge in [0.05, 0.1) is 6.54 Å². The largest absolute Gasteiger partial charge is 0.271 e. The van der Waals surface area contributed by atoms with Crippen LogP contribution in [0.2, 0.25) is 0 Å². The topological polar surface area (TPSA) is 17.8 Å². The van der Waals surface area contributed by atoms with Crippen molar-refractivity contribution in [3.05, 3.63) is 16.0 Å². The van der Waals surface area contributed by atoms with Gasteiger partial charge in [0, 0.05) is 12.6 Å². The van der Waals surface area contributed by atoms with Gasteiger partial charge in [0.25, 0.3) is 0 Å². The van der Waals surface area contributed by atoms with Crippen LogP contribution in [0.4, 0.5) is 0 Å². The Kier molecular flexibility index (Phi) is 2.75. The van der Waals surface area contributed by atoms with E-state index in [1.165, 1.54) is 0 Å². The molecule has 0 aliphatic carbocycles. The highest BCUT2D eigenvalue weighted by atomic mass is 127. The van der Waals surface area contributed by atoms with Crippen molar-refractivity contribution in [2.24, 2.45) is 0 Å². The molecule has 1 aromatic heterocycles. The molecule has 10 heavy (non-hydrogen) atoms. The molecule has 1 aromatic rings. The van der Waals surface area contributed by atoms with Crippen LogP contribution in [0.25, 0.3) is 0 Å². The lowest BCUT2D eigenvalue weighted by molar-refractivity contribution is 0.626. The Labute approximate surface area is 73.8 Å². The predicted octanol–water partition coefficient (Wildman–Crippen LogP) is 1.51. The number of terminal acetylenes is 1. The zero-order valence-electron chi connectivity index (χ0n) is 5.42. The van der Waals surface area contributed by atoms with Crippen LogP contribution in [0.1, 0.15) is 6.42 Å². The summed E-state index contributed by atoms with van der Waals surface area (Å²) in [7, 11) is 0. The van der Waals surface area contributed by atoms with Crippen LogP contribution in [0.15, 0.2) is 12.3 Å². The molecule has 1 rings (SSSR count). The molecule has 0 aliphatic rings. The van der Waals surface area contributed by atoms with Crippen molar-refractivity contribution in [3.8, 4) is 12.3 Å². The van der Waals surface area contributed by atoms with Crippen LogP contribution < -0.4 is 0 Å². The minimum Gasteiger partial charge on any atom is -0.271 e. The second-order valence-corrected chi connectivity index (χ2v) is 2.96. The average molecular weight is 246 g/mol. The molecule has 0 saturated heterocycles. The minimum absolute atomic E-state index is 0.748. The maximum atomic E-state index is 5.09. The summed E-state index contributed by atoms with van der Waals surface area (Å²) >= 11 is 2.17. The Morgan fingerprint density at radius 2 is 2.60 bits per heavy atom. The van der Waals surface area contributed by atoms with E-state index in [4.69, 9.17) is 6.42 Å². The molecule has 0 radical (unpaired) electrons. The molecule has 0 aliphatic heterocycles. The Morgan fingerprint density at radius 3 is 3.10 bits per heavy atom. The number of rotatable bonds is 2. The number of hydrogen-bond donors (Lipinski definition) is 0. The van der Waals surface area contributed by atoms with E-state index in [-0.39, 0.29) is 0 Å². The van der Waals surface area contributed by atoms with Gasteiger partial charge >= 0.3 is 0 Å². The second-order valence-electron chi connectivity index (χ2n) is 1.86. The Morgan fingerprint density at radius 1 is 1.80 bits per heavy atom. The van der Waals surface area contributed by atoms with Crippen LogP contribution in [0.5, 0.6) is 0 Å². The molecular formula is C7H7IN2. The molecular weight excluding hydrogens is 239 g/mol. The van der Waals surface area contributed by atoms with E-state index in [2.05, 4.69) is 33.6 Å². The number of hydrogen-bond acceptors (Lipinski definition) is 1. The smallest absolute Gasteiger partial charge is 0.123 e. The SMILES string of the molecule is C#CCCn1ccc(I)n1. The standard InChI is InChI=1S/C7H7IN2/c1-2-3-5-10-6-4-7(8)9-10/h1,4,6H,3,5H2. The number of nitrogens with zero attached hydrogens (tertiary/aromatic N) is 2. The van der Waals surface area contributed by atoms with Crippen LogP contribution >= 0.6 is 22.6 Å². The third-order valence-electron chi connectivity index (χ3n) is 1.09. The van der Waals surface area contributed by atoms with E-state index in [1.807, 2.05) is 16.9 Å². The summed E-state index contributed by atoms with van der Waals surface area (Å²) in [6.45, 7) is 0.819. The van der Waals surface area contributed by atoms with Gasteiger partial charge < -0.3 is 0 Å². The highest BCUT2D eigenvalue weighted by molar-refractivity contribution is 14.1. The summed E-state index contributed by atoms with van der Waals surface area (Å²) in [5, 5.41) is 4.16. The number of aryl methyl sites for hydroxylation is 1. The van der Waals surface area contributed by atoms with Gasteiger partial charge in [-0.05, 0) is 28.7 Å². The first-order chi connectivity index (χ1) is 4.83. The van der Waals surface area contributed by atoms with Crippen molar-refractivity contribution < 1.29 is 0 Å². The Hall–Kier alpha value is -0.500. The summed E-state index contributed by atoms with van der Waals surface area (Å²) in [5.41, 5.74) is 0. The van der Waals surface area contributed by atoms with Crippen molar-refractivity contribution in [3.63, 3.8) is 0 Å². The summed E-state index contributed by atoms with van der Waals surface area (Å²) in [4.78, 5) is 0. The van der Waals surface area contributed by atoms with Crippen LogP contribution in [-0.4, -0.2) is 9.78 Å². The third-order valence-corrected chi connectivity index (χ3v) is 1.67. The van der Waals surface area contributed by atoms with Gasteiger partial charge in [0.1, 0.15) is 3.70 Å². The molecule has 1 heterocycles. The maximum Gasteiger partial charge on any atom is 0.123 e.